The molecule has 2 rings (SSSR count). The van der Waals surface area contributed by atoms with Crippen molar-refractivity contribution in [3.8, 4) is 0 Å². The maximum atomic E-state index is 6.19. The van der Waals surface area contributed by atoms with Crippen LogP contribution in [0, 0.1) is 13.8 Å². The molecule has 5 heteroatoms. The smallest absolute Gasteiger partial charge is 0.0641 e. The van der Waals surface area contributed by atoms with Crippen molar-refractivity contribution >= 4 is 27.5 Å². The van der Waals surface area contributed by atoms with Crippen LogP contribution in [-0.2, 0) is 20.1 Å². The molecule has 2 aromatic rings. The van der Waals surface area contributed by atoms with Gasteiger partial charge in [-0.3, -0.25) is 4.68 Å². The van der Waals surface area contributed by atoms with E-state index in [-0.39, 0.29) is 0 Å². The zero-order valence-corrected chi connectivity index (χ0v) is 13.6. The third-order valence-electron chi connectivity index (χ3n) is 3.29. The van der Waals surface area contributed by atoms with Gasteiger partial charge in [-0.05, 0) is 31.5 Å². The first kappa shape index (κ1) is 14.6. The van der Waals surface area contributed by atoms with Gasteiger partial charge in [0.15, 0.2) is 0 Å². The standard InChI is InChI=1S/C14H17BrClN3/c1-9-13(10(2)19(3)18-9)8-17-7-11-4-5-12(15)6-14(11)16/h4-6,17H,7-8H2,1-3H3. The second-order valence-electron chi connectivity index (χ2n) is 4.61. The molecule has 0 aliphatic heterocycles. The molecule has 102 valence electrons. The third kappa shape index (κ3) is 3.38. The van der Waals surface area contributed by atoms with Crippen LogP contribution in [0.4, 0.5) is 0 Å². The summed E-state index contributed by atoms with van der Waals surface area (Å²) < 4.78 is 2.92. The zero-order chi connectivity index (χ0) is 14.0. The van der Waals surface area contributed by atoms with Crippen LogP contribution in [0.15, 0.2) is 22.7 Å². The second-order valence-corrected chi connectivity index (χ2v) is 5.94. The molecule has 0 atom stereocenters. The van der Waals surface area contributed by atoms with Gasteiger partial charge in [0.1, 0.15) is 0 Å². The van der Waals surface area contributed by atoms with E-state index in [0.29, 0.717) is 0 Å². The minimum Gasteiger partial charge on any atom is -0.308 e. The monoisotopic (exact) mass is 341 g/mol. The highest BCUT2D eigenvalue weighted by Gasteiger charge is 2.09. The SMILES string of the molecule is Cc1nn(C)c(C)c1CNCc1ccc(Br)cc1Cl. The van der Waals surface area contributed by atoms with Crippen molar-refractivity contribution < 1.29 is 0 Å². The number of benzene rings is 1. The van der Waals surface area contributed by atoms with Gasteiger partial charge in [0.05, 0.1) is 5.69 Å². The Morgan fingerprint density at radius 3 is 2.63 bits per heavy atom. The van der Waals surface area contributed by atoms with Crippen molar-refractivity contribution in [2.45, 2.75) is 26.9 Å². The number of nitrogens with one attached hydrogen (secondary N) is 1. The molecule has 0 aliphatic carbocycles. The molecule has 0 bridgehead atoms. The average molecular weight is 343 g/mol. The summed E-state index contributed by atoms with van der Waals surface area (Å²) in [5, 5.41) is 8.61. The van der Waals surface area contributed by atoms with Crippen molar-refractivity contribution in [2.75, 3.05) is 0 Å². The molecule has 0 spiro atoms. The van der Waals surface area contributed by atoms with Crippen LogP contribution in [0.3, 0.4) is 0 Å². The van der Waals surface area contributed by atoms with Gasteiger partial charge in [0.2, 0.25) is 0 Å². The Labute approximate surface area is 127 Å². The van der Waals surface area contributed by atoms with Crippen LogP contribution >= 0.6 is 27.5 Å². The van der Waals surface area contributed by atoms with Gasteiger partial charge >= 0.3 is 0 Å². The van der Waals surface area contributed by atoms with Gasteiger partial charge in [-0.25, -0.2) is 0 Å². The summed E-state index contributed by atoms with van der Waals surface area (Å²) >= 11 is 9.60. The fourth-order valence-electron chi connectivity index (χ4n) is 2.06. The van der Waals surface area contributed by atoms with Crippen molar-refractivity contribution in [3.05, 3.63) is 50.2 Å². The molecular weight excluding hydrogens is 326 g/mol. The van der Waals surface area contributed by atoms with E-state index >= 15 is 0 Å². The van der Waals surface area contributed by atoms with E-state index in [9.17, 15) is 0 Å². The molecule has 1 aromatic heterocycles. The molecule has 0 radical (unpaired) electrons. The second kappa shape index (κ2) is 6.07. The topological polar surface area (TPSA) is 29.9 Å². The van der Waals surface area contributed by atoms with Crippen molar-refractivity contribution in [1.82, 2.24) is 15.1 Å². The molecular formula is C14H17BrClN3. The molecule has 0 fully saturated rings. The Hall–Kier alpha value is -0.840. The van der Waals surface area contributed by atoms with E-state index in [2.05, 4.69) is 33.3 Å². The Balaban J connectivity index is 2.00. The van der Waals surface area contributed by atoms with Crippen LogP contribution in [0.5, 0.6) is 0 Å². The summed E-state index contributed by atoms with van der Waals surface area (Å²) in [6.45, 7) is 5.68. The summed E-state index contributed by atoms with van der Waals surface area (Å²) in [5.74, 6) is 0. The number of aromatic nitrogens is 2. The highest BCUT2D eigenvalue weighted by molar-refractivity contribution is 9.10. The van der Waals surface area contributed by atoms with Gasteiger partial charge in [-0.1, -0.05) is 33.6 Å². The molecule has 1 aromatic carbocycles. The Morgan fingerprint density at radius 1 is 1.32 bits per heavy atom. The quantitative estimate of drug-likeness (QED) is 0.917. The van der Waals surface area contributed by atoms with Crippen molar-refractivity contribution in [3.63, 3.8) is 0 Å². The zero-order valence-electron chi connectivity index (χ0n) is 11.3. The van der Waals surface area contributed by atoms with E-state index < -0.39 is 0 Å². The first-order chi connectivity index (χ1) is 8.99. The molecule has 0 saturated heterocycles. The van der Waals surface area contributed by atoms with Gasteiger partial charge in [0.25, 0.3) is 0 Å². The molecule has 19 heavy (non-hydrogen) atoms. The number of nitrogens with zero attached hydrogens (tertiary/aromatic N) is 2. The maximum Gasteiger partial charge on any atom is 0.0641 e. The van der Waals surface area contributed by atoms with Crippen LogP contribution in [0.25, 0.3) is 0 Å². The molecule has 3 nitrogen and oxygen atoms in total. The number of halogens is 2. The highest BCUT2D eigenvalue weighted by atomic mass is 79.9. The average Bonchev–Trinajstić information content (AvgIpc) is 2.58. The Kier molecular flexibility index (Phi) is 4.66. The predicted molar refractivity (Wildman–Crippen MR) is 82.4 cm³/mol. The fraction of sp³-hybridized carbons (Fsp3) is 0.357. The fourth-order valence-corrected chi connectivity index (χ4v) is 2.80. The number of hydrogen-bond acceptors (Lipinski definition) is 2. The predicted octanol–water partition coefficient (Wildman–Crippen LogP) is 3.74. The molecule has 1 N–H and O–H groups in total. The van der Waals surface area contributed by atoms with Crippen molar-refractivity contribution in [2.24, 2.45) is 7.05 Å². The minimum atomic E-state index is 0.750. The number of aryl methyl sites for hydroxylation is 2. The van der Waals surface area contributed by atoms with Crippen LogP contribution in [0.2, 0.25) is 5.02 Å². The van der Waals surface area contributed by atoms with Gasteiger partial charge in [-0.15, -0.1) is 0 Å². The number of rotatable bonds is 4. The highest BCUT2D eigenvalue weighted by Crippen LogP contribution is 2.21. The van der Waals surface area contributed by atoms with E-state index in [0.717, 1.165) is 33.8 Å². The van der Waals surface area contributed by atoms with Gasteiger partial charge < -0.3 is 5.32 Å². The summed E-state index contributed by atoms with van der Waals surface area (Å²) in [5.41, 5.74) is 4.64. The third-order valence-corrected chi connectivity index (χ3v) is 4.14. The molecule has 0 amide bonds. The van der Waals surface area contributed by atoms with Gasteiger partial charge in [0, 0.05) is 40.9 Å². The maximum absolute atomic E-state index is 6.19. The first-order valence-corrected chi connectivity index (χ1v) is 7.30. The molecule has 0 unspecified atom stereocenters. The molecule has 0 saturated carbocycles. The molecule has 0 aliphatic rings. The summed E-state index contributed by atoms with van der Waals surface area (Å²) in [6, 6.07) is 5.95. The van der Waals surface area contributed by atoms with Crippen LogP contribution in [0.1, 0.15) is 22.5 Å². The first-order valence-electron chi connectivity index (χ1n) is 6.12. The molecule has 1 heterocycles. The summed E-state index contributed by atoms with van der Waals surface area (Å²) in [6.07, 6.45) is 0. The lowest BCUT2D eigenvalue weighted by molar-refractivity contribution is 0.684. The van der Waals surface area contributed by atoms with Crippen LogP contribution < -0.4 is 5.32 Å². The van der Waals surface area contributed by atoms with E-state index in [1.54, 1.807) is 0 Å². The number of hydrogen-bond donors (Lipinski definition) is 1. The van der Waals surface area contributed by atoms with Crippen molar-refractivity contribution in [1.29, 1.82) is 0 Å². The minimum absolute atomic E-state index is 0.750. The largest absolute Gasteiger partial charge is 0.308 e. The summed E-state index contributed by atoms with van der Waals surface area (Å²) in [7, 11) is 1.97. The van der Waals surface area contributed by atoms with E-state index in [4.69, 9.17) is 11.6 Å². The Bertz CT molecular complexity index is 593. The lowest BCUT2D eigenvalue weighted by Crippen LogP contribution is -2.14. The lowest BCUT2D eigenvalue weighted by Gasteiger charge is -2.07. The van der Waals surface area contributed by atoms with Crippen LogP contribution in [-0.4, -0.2) is 9.78 Å². The lowest BCUT2D eigenvalue weighted by atomic mass is 10.2. The normalized spacial score (nSPS) is 11.0. The van der Waals surface area contributed by atoms with E-state index in [1.165, 1.54) is 11.3 Å². The van der Waals surface area contributed by atoms with E-state index in [1.807, 2.05) is 36.9 Å². The summed E-state index contributed by atoms with van der Waals surface area (Å²) in [4.78, 5) is 0. The Morgan fingerprint density at radius 2 is 2.05 bits per heavy atom. The van der Waals surface area contributed by atoms with Gasteiger partial charge in [-0.2, -0.15) is 5.10 Å².